The molecule has 0 radical (unpaired) electrons. The minimum atomic E-state index is -0.716. The third-order valence-corrected chi connectivity index (χ3v) is 2.03. The summed E-state index contributed by atoms with van der Waals surface area (Å²) >= 11 is 5.77. The van der Waals surface area contributed by atoms with Crippen LogP contribution in [0.3, 0.4) is 0 Å². The van der Waals surface area contributed by atoms with Gasteiger partial charge in [0.2, 0.25) is 0 Å². The zero-order chi connectivity index (χ0) is 11.4. The maximum absolute atomic E-state index is 10.5. The Bertz CT molecular complexity index is 366. The van der Waals surface area contributed by atoms with Gasteiger partial charge in [0.05, 0.1) is 6.10 Å². The van der Waals surface area contributed by atoms with Crippen LogP contribution in [-0.2, 0) is 4.79 Å². The van der Waals surface area contributed by atoms with Crippen molar-refractivity contribution in [2.24, 2.45) is 5.73 Å². The quantitative estimate of drug-likeness (QED) is 0.816. The van der Waals surface area contributed by atoms with E-state index in [9.17, 15) is 9.90 Å². The molecule has 0 aliphatic carbocycles. The number of rotatable bonds is 4. The highest BCUT2D eigenvalue weighted by atomic mass is 35.5. The monoisotopic (exact) mass is 229 g/mol. The summed E-state index contributed by atoms with van der Waals surface area (Å²) in [5.74, 6) is -0.158. The summed E-state index contributed by atoms with van der Waals surface area (Å²) in [5, 5.41) is 9.94. The minimum Gasteiger partial charge on any atom is -0.483 e. The maximum atomic E-state index is 10.5. The number of benzene rings is 1. The average Bonchev–Trinajstić information content (AvgIpc) is 2.15. The smallest absolute Gasteiger partial charge is 0.255 e. The minimum absolute atomic E-state index is 0.221. The van der Waals surface area contributed by atoms with Crippen LogP contribution in [0.25, 0.3) is 0 Å². The van der Waals surface area contributed by atoms with Crippen LogP contribution in [0.5, 0.6) is 5.75 Å². The van der Waals surface area contributed by atoms with Gasteiger partial charge in [-0.15, -0.1) is 0 Å². The molecule has 1 atom stereocenters. The lowest BCUT2D eigenvalue weighted by atomic mass is 10.1. The molecule has 0 spiro atoms. The number of nitrogens with two attached hydrogens (primary N) is 1. The van der Waals surface area contributed by atoms with E-state index in [1.807, 2.05) is 0 Å². The molecule has 1 rings (SSSR count). The Labute approximate surface area is 92.6 Å². The van der Waals surface area contributed by atoms with Crippen LogP contribution >= 0.6 is 11.6 Å². The molecule has 5 heteroatoms. The lowest BCUT2D eigenvalue weighted by molar-refractivity contribution is -0.119. The van der Waals surface area contributed by atoms with Gasteiger partial charge in [-0.05, 0) is 25.1 Å². The van der Waals surface area contributed by atoms with E-state index in [0.717, 1.165) is 0 Å². The topological polar surface area (TPSA) is 72.6 Å². The molecule has 0 fully saturated rings. The van der Waals surface area contributed by atoms with Gasteiger partial charge in [-0.3, -0.25) is 4.79 Å². The van der Waals surface area contributed by atoms with Crippen LogP contribution in [0, 0.1) is 0 Å². The molecule has 0 saturated heterocycles. The first-order valence-corrected chi connectivity index (χ1v) is 4.77. The van der Waals surface area contributed by atoms with Gasteiger partial charge in [-0.2, -0.15) is 0 Å². The molecular weight excluding hydrogens is 218 g/mol. The van der Waals surface area contributed by atoms with E-state index in [2.05, 4.69) is 0 Å². The van der Waals surface area contributed by atoms with E-state index in [-0.39, 0.29) is 6.61 Å². The molecule has 0 aliphatic rings. The molecule has 82 valence electrons. The Kier molecular flexibility index (Phi) is 3.94. The van der Waals surface area contributed by atoms with Crippen molar-refractivity contribution in [3.8, 4) is 5.75 Å². The maximum Gasteiger partial charge on any atom is 0.255 e. The number of amides is 1. The Morgan fingerprint density at radius 2 is 2.33 bits per heavy atom. The zero-order valence-corrected chi connectivity index (χ0v) is 8.99. The summed E-state index contributed by atoms with van der Waals surface area (Å²) in [4.78, 5) is 10.5. The van der Waals surface area contributed by atoms with E-state index >= 15 is 0 Å². The Morgan fingerprint density at radius 1 is 1.67 bits per heavy atom. The highest BCUT2D eigenvalue weighted by Gasteiger charge is 2.10. The molecule has 0 unspecified atom stereocenters. The van der Waals surface area contributed by atoms with Crippen molar-refractivity contribution >= 4 is 17.5 Å². The van der Waals surface area contributed by atoms with Crippen molar-refractivity contribution < 1.29 is 14.6 Å². The van der Waals surface area contributed by atoms with E-state index in [1.165, 1.54) is 0 Å². The first kappa shape index (κ1) is 11.8. The standard InChI is InChI=1S/C10H12ClNO3/c1-6(13)8-4-7(11)2-3-9(8)15-5-10(12)14/h2-4,6,13H,5H2,1H3,(H2,12,14)/t6-/m0/s1. The second-order valence-corrected chi connectivity index (χ2v) is 3.55. The highest BCUT2D eigenvalue weighted by molar-refractivity contribution is 6.30. The predicted octanol–water partition coefficient (Wildman–Crippen LogP) is 1.26. The number of carbonyl (C=O) groups is 1. The van der Waals surface area contributed by atoms with E-state index in [4.69, 9.17) is 22.1 Å². The van der Waals surface area contributed by atoms with Gasteiger partial charge >= 0.3 is 0 Å². The third-order valence-electron chi connectivity index (χ3n) is 1.79. The van der Waals surface area contributed by atoms with Crippen molar-refractivity contribution in [3.05, 3.63) is 28.8 Å². The number of aliphatic hydroxyl groups is 1. The SMILES string of the molecule is C[C@H](O)c1cc(Cl)ccc1OCC(N)=O. The van der Waals surface area contributed by atoms with Crippen molar-refractivity contribution in [1.82, 2.24) is 0 Å². The summed E-state index contributed by atoms with van der Waals surface area (Å²) in [6.07, 6.45) is -0.716. The molecule has 3 N–H and O–H groups in total. The summed E-state index contributed by atoms with van der Waals surface area (Å²) in [7, 11) is 0. The third kappa shape index (κ3) is 3.42. The van der Waals surface area contributed by atoms with Gasteiger partial charge in [0.25, 0.3) is 5.91 Å². The van der Waals surface area contributed by atoms with Crippen molar-refractivity contribution in [1.29, 1.82) is 0 Å². The Balaban J connectivity index is 2.90. The first-order chi connectivity index (χ1) is 7.00. The molecule has 4 nitrogen and oxygen atoms in total. The average molecular weight is 230 g/mol. The van der Waals surface area contributed by atoms with Crippen LogP contribution in [-0.4, -0.2) is 17.6 Å². The van der Waals surface area contributed by atoms with Crippen LogP contribution < -0.4 is 10.5 Å². The molecule has 1 aromatic carbocycles. The number of ether oxygens (including phenoxy) is 1. The number of halogens is 1. The number of hydrogen-bond donors (Lipinski definition) is 2. The van der Waals surface area contributed by atoms with Crippen LogP contribution in [0.15, 0.2) is 18.2 Å². The molecule has 15 heavy (non-hydrogen) atoms. The van der Waals surface area contributed by atoms with Crippen molar-refractivity contribution in [3.63, 3.8) is 0 Å². The molecule has 1 aromatic rings. The molecule has 0 aromatic heterocycles. The molecule has 0 heterocycles. The lowest BCUT2D eigenvalue weighted by Crippen LogP contribution is -2.20. The van der Waals surface area contributed by atoms with Gasteiger partial charge in [0, 0.05) is 10.6 Å². The summed E-state index contributed by atoms with van der Waals surface area (Å²) in [6.45, 7) is 1.37. The lowest BCUT2D eigenvalue weighted by Gasteiger charge is -2.12. The van der Waals surface area contributed by atoms with Crippen LogP contribution in [0.1, 0.15) is 18.6 Å². The Morgan fingerprint density at radius 3 is 2.87 bits per heavy atom. The molecule has 0 saturated carbocycles. The van der Waals surface area contributed by atoms with E-state index in [1.54, 1.807) is 25.1 Å². The normalized spacial score (nSPS) is 12.2. The number of hydrogen-bond acceptors (Lipinski definition) is 3. The highest BCUT2D eigenvalue weighted by Crippen LogP contribution is 2.28. The largest absolute Gasteiger partial charge is 0.483 e. The van der Waals surface area contributed by atoms with Gasteiger partial charge in [0.15, 0.2) is 6.61 Å². The van der Waals surface area contributed by atoms with Gasteiger partial charge in [0.1, 0.15) is 5.75 Å². The van der Waals surface area contributed by atoms with E-state index < -0.39 is 12.0 Å². The summed E-state index contributed by atoms with van der Waals surface area (Å²) in [6, 6.07) is 4.79. The first-order valence-electron chi connectivity index (χ1n) is 4.39. The van der Waals surface area contributed by atoms with E-state index in [0.29, 0.717) is 16.3 Å². The fourth-order valence-corrected chi connectivity index (χ4v) is 1.31. The van der Waals surface area contributed by atoms with Crippen molar-refractivity contribution in [2.45, 2.75) is 13.0 Å². The molecule has 0 bridgehead atoms. The van der Waals surface area contributed by atoms with Crippen molar-refractivity contribution in [2.75, 3.05) is 6.61 Å². The Hall–Kier alpha value is -1.26. The van der Waals surface area contributed by atoms with Gasteiger partial charge in [-0.1, -0.05) is 11.6 Å². The molecule has 0 aliphatic heterocycles. The van der Waals surface area contributed by atoms with Gasteiger partial charge < -0.3 is 15.6 Å². The number of aliphatic hydroxyl groups excluding tert-OH is 1. The fraction of sp³-hybridized carbons (Fsp3) is 0.300. The summed E-state index contributed by atoms with van der Waals surface area (Å²) in [5.41, 5.74) is 5.48. The fourth-order valence-electron chi connectivity index (χ4n) is 1.13. The zero-order valence-electron chi connectivity index (χ0n) is 8.24. The predicted molar refractivity (Wildman–Crippen MR) is 56.8 cm³/mol. The second-order valence-electron chi connectivity index (χ2n) is 3.11. The van der Waals surface area contributed by atoms with Crippen LogP contribution in [0.2, 0.25) is 5.02 Å². The molecular formula is C10H12ClNO3. The number of primary amides is 1. The van der Waals surface area contributed by atoms with Crippen LogP contribution in [0.4, 0.5) is 0 Å². The summed E-state index contributed by atoms with van der Waals surface area (Å²) < 4.78 is 5.12. The number of carbonyl (C=O) groups excluding carboxylic acids is 1. The second kappa shape index (κ2) is 5.00. The van der Waals surface area contributed by atoms with Gasteiger partial charge in [-0.25, -0.2) is 0 Å². The molecule has 1 amide bonds.